The van der Waals surface area contributed by atoms with E-state index in [1.54, 1.807) is 0 Å². The van der Waals surface area contributed by atoms with Crippen molar-refractivity contribution in [3.8, 4) is 0 Å². The molecule has 0 aromatic heterocycles. The van der Waals surface area contributed by atoms with Crippen molar-refractivity contribution in [1.29, 1.82) is 0 Å². The van der Waals surface area contributed by atoms with E-state index < -0.39 is 23.1 Å². The predicted octanol–water partition coefficient (Wildman–Crippen LogP) is 2.99. The maximum atomic E-state index is 6.19. The zero-order valence-electron chi connectivity index (χ0n) is 30.3. The molecule has 48 heavy (non-hydrogen) atoms. The van der Waals surface area contributed by atoms with Gasteiger partial charge < -0.3 is 66.3 Å². The second-order valence-corrected chi connectivity index (χ2v) is 14.6. The van der Waals surface area contributed by atoms with Gasteiger partial charge in [0, 0.05) is 0 Å². The molecule has 4 aliphatic heterocycles. The molecule has 0 spiro atoms. The van der Waals surface area contributed by atoms with Crippen molar-refractivity contribution in [3.63, 3.8) is 0 Å². The highest BCUT2D eigenvalue weighted by molar-refractivity contribution is 4.95. The van der Waals surface area contributed by atoms with E-state index in [1.165, 1.54) is 0 Å². The molecular formula is C34H60O14. The summed E-state index contributed by atoms with van der Waals surface area (Å²) in [6, 6.07) is 0. The van der Waals surface area contributed by atoms with Crippen LogP contribution < -0.4 is 0 Å². The van der Waals surface area contributed by atoms with Crippen molar-refractivity contribution in [2.45, 2.75) is 115 Å². The summed E-state index contributed by atoms with van der Waals surface area (Å²) in [5, 5.41) is 0. The van der Waals surface area contributed by atoms with Crippen LogP contribution in [-0.4, -0.2) is 152 Å². The third-order valence-corrected chi connectivity index (χ3v) is 7.75. The third kappa shape index (κ3) is 14.8. The first kappa shape index (κ1) is 40.0. The lowest BCUT2D eigenvalue weighted by atomic mass is 10.3. The normalized spacial score (nSPS) is 30.2. The summed E-state index contributed by atoms with van der Waals surface area (Å²) in [5.74, 6) is -2.44. The quantitative estimate of drug-likeness (QED) is 0.154. The molecule has 4 heterocycles. The molecule has 0 aromatic rings. The van der Waals surface area contributed by atoms with Crippen LogP contribution in [0.2, 0.25) is 0 Å². The molecular weight excluding hydrogens is 632 g/mol. The molecule has 4 saturated heterocycles. The number of rotatable bonds is 22. The minimum absolute atomic E-state index is 0.143. The highest BCUT2D eigenvalue weighted by atomic mass is 16.8. The second kappa shape index (κ2) is 18.1. The average Bonchev–Trinajstić information content (AvgIpc) is 3.74. The van der Waals surface area contributed by atoms with Gasteiger partial charge in [-0.05, 0) is 61.0 Å². The Balaban J connectivity index is 1.20. The fourth-order valence-electron chi connectivity index (χ4n) is 5.51. The molecule has 4 atom stereocenters. The molecule has 0 radical (unpaired) electrons. The summed E-state index contributed by atoms with van der Waals surface area (Å²) in [6.45, 7) is 24.4. The van der Waals surface area contributed by atoms with Gasteiger partial charge in [-0.15, -0.1) is 0 Å². The van der Waals surface area contributed by atoms with E-state index >= 15 is 0 Å². The van der Waals surface area contributed by atoms with Crippen LogP contribution in [0.25, 0.3) is 0 Å². The molecule has 0 amide bonds. The molecule has 4 unspecified atom stereocenters. The Morgan fingerprint density at radius 3 is 0.958 bits per heavy atom. The summed E-state index contributed by atoms with van der Waals surface area (Å²) >= 11 is 0. The fourth-order valence-corrected chi connectivity index (χ4v) is 5.51. The number of hydrogen-bond donors (Lipinski definition) is 0. The Labute approximate surface area is 286 Å². The first-order chi connectivity index (χ1) is 22.6. The maximum Gasteiger partial charge on any atom is 0.163 e. The number of ether oxygens (including phenoxy) is 14. The molecule has 280 valence electrons. The van der Waals surface area contributed by atoms with Gasteiger partial charge in [-0.25, -0.2) is 0 Å². The Hall–Kier alpha value is -0.820. The minimum atomic E-state index is -0.610. The molecule has 0 aromatic carbocycles. The lowest BCUT2D eigenvalue weighted by Gasteiger charge is -2.23. The summed E-state index contributed by atoms with van der Waals surface area (Å²) in [7, 11) is 0. The van der Waals surface area contributed by atoms with E-state index in [9.17, 15) is 0 Å². The molecule has 14 nitrogen and oxygen atoms in total. The molecule has 0 bridgehead atoms. The third-order valence-electron chi connectivity index (χ3n) is 7.75. The summed E-state index contributed by atoms with van der Waals surface area (Å²) in [6.07, 6.45) is -1.28. The molecule has 4 rings (SSSR count). The Morgan fingerprint density at radius 2 is 0.750 bits per heavy atom. The van der Waals surface area contributed by atoms with Crippen LogP contribution in [0.3, 0.4) is 0 Å². The van der Waals surface area contributed by atoms with Gasteiger partial charge >= 0.3 is 0 Å². The lowest BCUT2D eigenvalue weighted by Crippen LogP contribution is -2.33. The van der Waals surface area contributed by atoms with Gasteiger partial charge in [0.15, 0.2) is 23.1 Å². The van der Waals surface area contributed by atoms with Crippen molar-refractivity contribution in [2.24, 2.45) is 0 Å². The highest BCUT2D eigenvalue weighted by Crippen LogP contribution is 2.25. The minimum Gasteiger partial charge on any atom is -0.376 e. The first-order valence-corrected chi connectivity index (χ1v) is 17.0. The van der Waals surface area contributed by atoms with Crippen molar-refractivity contribution >= 4 is 0 Å². The van der Waals surface area contributed by atoms with Crippen molar-refractivity contribution in [2.75, 3.05) is 92.5 Å². The van der Waals surface area contributed by atoms with Gasteiger partial charge in [-0.1, -0.05) is 6.58 Å². The maximum absolute atomic E-state index is 6.19. The second-order valence-electron chi connectivity index (χ2n) is 14.6. The first-order valence-electron chi connectivity index (χ1n) is 17.0. The van der Waals surface area contributed by atoms with Gasteiger partial charge in [0.25, 0.3) is 0 Å². The van der Waals surface area contributed by atoms with E-state index in [1.807, 2.05) is 55.4 Å². The zero-order valence-corrected chi connectivity index (χ0v) is 30.3. The molecule has 14 heteroatoms. The summed E-state index contributed by atoms with van der Waals surface area (Å²) in [4.78, 5) is 0. The van der Waals surface area contributed by atoms with E-state index in [2.05, 4.69) is 6.58 Å². The zero-order chi connectivity index (χ0) is 34.8. The lowest BCUT2D eigenvalue weighted by molar-refractivity contribution is -0.151. The van der Waals surface area contributed by atoms with Gasteiger partial charge in [0.2, 0.25) is 0 Å². The van der Waals surface area contributed by atoms with E-state index in [-0.39, 0.29) is 49.8 Å². The highest BCUT2D eigenvalue weighted by Gasteiger charge is 2.36. The van der Waals surface area contributed by atoms with E-state index in [4.69, 9.17) is 66.3 Å². The standard InChI is InChI=1S/C34H60O14/c1-24(10-39-25(12-35-16-27-20-41-31(2,3)45-27)13-36-17-28-21-42-32(4,5)46-28)11-40-26(14-37-18-29-22-43-33(6,7)47-29)15-38-19-30-23-44-34(8,9)48-30/h25-30H,1,10-23H2,2-9H3. The van der Waals surface area contributed by atoms with Gasteiger partial charge in [-0.2, -0.15) is 0 Å². The molecule has 4 aliphatic rings. The monoisotopic (exact) mass is 692 g/mol. The predicted molar refractivity (Wildman–Crippen MR) is 172 cm³/mol. The molecule has 0 aliphatic carbocycles. The Kier molecular flexibility index (Phi) is 15.1. The van der Waals surface area contributed by atoms with E-state index in [0.717, 1.165) is 5.57 Å². The van der Waals surface area contributed by atoms with Crippen LogP contribution in [0, 0.1) is 0 Å². The van der Waals surface area contributed by atoms with E-state index in [0.29, 0.717) is 79.3 Å². The Bertz CT molecular complexity index is 833. The molecule has 0 saturated carbocycles. The van der Waals surface area contributed by atoms with Crippen LogP contribution in [0.15, 0.2) is 12.2 Å². The number of hydrogen-bond acceptors (Lipinski definition) is 14. The summed E-state index contributed by atoms with van der Waals surface area (Å²) in [5.41, 5.74) is 0.747. The molecule has 0 N–H and O–H groups in total. The average molecular weight is 693 g/mol. The van der Waals surface area contributed by atoms with Crippen LogP contribution in [-0.2, 0) is 66.3 Å². The Morgan fingerprint density at radius 1 is 0.500 bits per heavy atom. The molecule has 4 fully saturated rings. The van der Waals surface area contributed by atoms with Crippen LogP contribution in [0.5, 0.6) is 0 Å². The fraction of sp³-hybridized carbons (Fsp3) is 0.941. The van der Waals surface area contributed by atoms with Crippen LogP contribution >= 0.6 is 0 Å². The largest absolute Gasteiger partial charge is 0.376 e. The van der Waals surface area contributed by atoms with Crippen molar-refractivity contribution in [1.82, 2.24) is 0 Å². The summed E-state index contributed by atoms with van der Waals surface area (Å²) < 4.78 is 82.2. The van der Waals surface area contributed by atoms with Crippen LogP contribution in [0.4, 0.5) is 0 Å². The smallest absolute Gasteiger partial charge is 0.163 e. The SMILES string of the molecule is C=C(COC(COCC1COC(C)(C)O1)COCC1COC(C)(C)O1)COC(COCC1COC(C)(C)O1)COCC1COC(C)(C)O1. The van der Waals surface area contributed by atoms with Crippen molar-refractivity contribution in [3.05, 3.63) is 12.2 Å². The van der Waals surface area contributed by atoms with Gasteiger partial charge in [-0.3, -0.25) is 0 Å². The topological polar surface area (TPSA) is 129 Å². The van der Waals surface area contributed by atoms with Gasteiger partial charge in [0.05, 0.1) is 92.5 Å². The van der Waals surface area contributed by atoms with Crippen molar-refractivity contribution < 1.29 is 66.3 Å². The van der Waals surface area contributed by atoms with Crippen LogP contribution in [0.1, 0.15) is 55.4 Å². The van der Waals surface area contributed by atoms with Gasteiger partial charge in [0.1, 0.15) is 36.6 Å².